The van der Waals surface area contributed by atoms with Gasteiger partial charge in [0.25, 0.3) is 0 Å². The van der Waals surface area contributed by atoms with E-state index in [-0.39, 0.29) is 11.9 Å². The summed E-state index contributed by atoms with van der Waals surface area (Å²) in [5, 5.41) is 10.3. The molecule has 1 fully saturated rings. The van der Waals surface area contributed by atoms with Gasteiger partial charge in [-0.2, -0.15) is 0 Å². The number of carbonyl (C=O) groups excluding carboxylic acids is 1. The number of nitrogens with zero attached hydrogens (tertiary/aromatic N) is 1. The normalized spacial score (nSPS) is 21.8. The van der Waals surface area contributed by atoms with Crippen LogP contribution in [0.25, 0.3) is 0 Å². The van der Waals surface area contributed by atoms with Crippen molar-refractivity contribution < 1.29 is 9.90 Å². The fraction of sp³-hybridized carbons (Fsp3) is 0.562. The number of likely N-dealkylation sites (tertiary alicyclic amines) is 1. The van der Waals surface area contributed by atoms with Gasteiger partial charge in [0.15, 0.2) is 0 Å². The molecule has 0 spiro atoms. The van der Waals surface area contributed by atoms with Gasteiger partial charge in [-0.25, -0.2) is 0 Å². The van der Waals surface area contributed by atoms with Crippen molar-refractivity contribution >= 4 is 5.91 Å². The maximum atomic E-state index is 12.2. The molecule has 1 aromatic carbocycles. The summed E-state index contributed by atoms with van der Waals surface area (Å²) in [6.07, 6.45) is 2.67. The van der Waals surface area contributed by atoms with Crippen LogP contribution < -0.4 is 5.73 Å². The molecular weight excluding hydrogens is 252 g/mol. The van der Waals surface area contributed by atoms with Crippen molar-refractivity contribution in [3.8, 4) is 0 Å². The molecule has 0 saturated carbocycles. The predicted molar refractivity (Wildman–Crippen MR) is 79.0 cm³/mol. The molecule has 0 unspecified atom stereocenters. The van der Waals surface area contributed by atoms with Gasteiger partial charge in [-0.15, -0.1) is 0 Å². The standard InChI is InChI=1S/C16H24N2O2/c1-2-14(17)16(20)18-10-6-9-13(18)11-15(19)12-7-4-3-5-8-12/h3-5,7-8,13-15,19H,2,6,9-11,17H2,1H3/t13-,14+,15+/m1/s1. The van der Waals surface area contributed by atoms with Gasteiger partial charge in [0.2, 0.25) is 5.91 Å². The molecule has 0 aliphatic carbocycles. The summed E-state index contributed by atoms with van der Waals surface area (Å²) in [6, 6.07) is 9.31. The number of benzene rings is 1. The van der Waals surface area contributed by atoms with Crippen molar-refractivity contribution in [3.05, 3.63) is 35.9 Å². The van der Waals surface area contributed by atoms with Gasteiger partial charge in [-0.05, 0) is 31.2 Å². The molecular formula is C16H24N2O2. The SMILES string of the molecule is CC[C@H](N)C(=O)N1CCC[C@@H]1C[C@H](O)c1ccccc1. The third-order valence-corrected chi connectivity index (χ3v) is 4.10. The summed E-state index contributed by atoms with van der Waals surface area (Å²) in [4.78, 5) is 14.1. The Balaban J connectivity index is 1.99. The lowest BCUT2D eigenvalue weighted by Crippen LogP contribution is -2.46. The van der Waals surface area contributed by atoms with Crippen molar-refractivity contribution in [1.82, 2.24) is 4.90 Å². The molecule has 1 saturated heterocycles. The van der Waals surface area contributed by atoms with Crippen LogP contribution in [-0.2, 0) is 4.79 Å². The maximum Gasteiger partial charge on any atom is 0.239 e. The summed E-state index contributed by atoms with van der Waals surface area (Å²) in [6.45, 7) is 2.69. The Bertz CT molecular complexity index is 435. The van der Waals surface area contributed by atoms with Crippen LogP contribution in [0.1, 0.15) is 44.3 Å². The zero-order valence-corrected chi connectivity index (χ0v) is 12.0. The number of amides is 1. The highest BCUT2D eigenvalue weighted by molar-refractivity contribution is 5.82. The number of aliphatic hydroxyl groups is 1. The summed E-state index contributed by atoms with van der Waals surface area (Å²) < 4.78 is 0. The molecule has 3 N–H and O–H groups in total. The van der Waals surface area contributed by atoms with Crippen LogP contribution in [0.2, 0.25) is 0 Å². The second-order valence-electron chi connectivity index (χ2n) is 5.50. The van der Waals surface area contributed by atoms with E-state index < -0.39 is 12.1 Å². The topological polar surface area (TPSA) is 66.6 Å². The van der Waals surface area contributed by atoms with E-state index in [1.54, 1.807) is 0 Å². The van der Waals surface area contributed by atoms with Crippen LogP contribution in [0.15, 0.2) is 30.3 Å². The summed E-state index contributed by atoms with van der Waals surface area (Å²) in [5.41, 5.74) is 6.76. The first kappa shape index (κ1) is 15.0. The number of hydrogen-bond donors (Lipinski definition) is 2. The second kappa shape index (κ2) is 6.86. The van der Waals surface area contributed by atoms with Crippen molar-refractivity contribution in [1.29, 1.82) is 0 Å². The zero-order chi connectivity index (χ0) is 14.5. The van der Waals surface area contributed by atoms with Crippen molar-refractivity contribution in [2.75, 3.05) is 6.54 Å². The Kier molecular flexibility index (Phi) is 5.15. The molecule has 110 valence electrons. The van der Waals surface area contributed by atoms with Gasteiger partial charge in [0.05, 0.1) is 12.1 Å². The molecule has 2 rings (SSSR count). The van der Waals surface area contributed by atoms with Gasteiger partial charge >= 0.3 is 0 Å². The van der Waals surface area contributed by atoms with E-state index in [1.165, 1.54) is 0 Å². The third-order valence-electron chi connectivity index (χ3n) is 4.10. The molecule has 1 amide bonds. The monoisotopic (exact) mass is 276 g/mol. The van der Waals surface area contributed by atoms with E-state index in [1.807, 2.05) is 42.2 Å². The molecule has 20 heavy (non-hydrogen) atoms. The van der Waals surface area contributed by atoms with Crippen LogP contribution in [0.4, 0.5) is 0 Å². The van der Waals surface area contributed by atoms with Crippen molar-refractivity contribution in [3.63, 3.8) is 0 Å². The van der Waals surface area contributed by atoms with Gasteiger partial charge < -0.3 is 15.7 Å². The van der Waals surface area contributed by atoms with E-state index in [4.69, 9.17) is 5.73 Å². The molecule has 1 heterocycles. The van der Waals surface area contributed by atoms with E-state index in [0.717, 1.165) is 24.9 Å². The summed E-state index contributed by atoms with van der Waals surface area (Å²) in [5.74, 6) is 0.0234. The largest absolute Gasteiger partial charge is 0.388 e. The lowest BCUT2D eigenvalue weighted by atomic mass is 10.00. The summed E-state index contributed by atoms with van der Waals surface area (Å²) >= 11 is 0. The van der Waals surface area contributed by atoms with Crippen LogP contribution in [0.5, 0.6) is 0 Å². The second-order valence-corrected chi connectivity index (χ2v) is 5.50. The highest BCUT2D eigenvalue weighted by Crippen LogP contribution is 2.27. The molecule has 1 aliphatic heterocycles. The zero-order valence-electron chi connectivity index (χ0n) is 12.0. The Morgan fingerprint density at radius 3 is 2.80 bits per heavy atom. The van der Waals surface area contributed by atoms with E-state index in [0.29, 0.717) is 12.8 Å². The van der Waals surface area contributed by atoms with Crippen LogP contribution in [0, 0.1) is 0 Å². The molecule has 1 aromatic rings. The lowest BCUT2D eigenvalue weighted by Gasteiger charge is -2.28. The molecule has 0 bridgehead atoms. The quantitative estimate of drug-likeness (QED) is 0.862. The minimum absolute atomic E-state index is 0.0234. The number of nitrogens with two attached hydrogens (primary N) is 1. The first-order chi connectivity index (χ1) is 9.63. The van der Waals surface area contributed by atoms with Gasteiger partial charge in [-0.3, -0.25) is 4.79 Å². The Morgan fingerprint density at radius 2 is 2.15 bits per heavy atom. The molecule has 4 nitrogen and oxygen atoms in total. The minimum Gasteiger partial charge on any atom is -0.388 e. The number of aliphatic hydroxyl groups excluding tert-OH is 1. The molecule has 0 radical (unpaired) electrons. The third kappa shape index (κ3) is 3.38. The Labute approximate surface area is 120 Å². The number of rotatable bonds is 5. The maximum absolute atomic E-state index is 12.2. The first-order valence-corrected chi connectivity index (χ1v) is 7.42. The first-order valence-electron chi connectivity index (χ1n) is 7.42. The van der Waals surface area contributed by atoms with Crippen LogP contribution >= 0.6 is 0 Å². The van der Waals surface area contributed by atoms with Gasteiger partial charge in [0, 0.05) is 12.6 Å². The van der Waals surface area contributed by atoms with E-state index >= 15 is 0 Å². The number of hydrogen-bond acceptors (Lipinski definition) is 3. The Hall–Kier alpha value is -1.39. The minimum atomic E-state index is -0.521. The smallest absolute Gasteiger partial charge is 0.239 e. The highest BCUT2D eigenvalue weighted by Gasteiger charge is 2.32. The predicted octanol–water partition coefficient (Wildman–Crippen LogP) is 1.84. The fourth-order valence-electron chi connectivity index (χ4n) is 2.83. The average Bonchev–Trinajstić information content (AvgIpc) is 2.94. The van der Waals surface area contributed by atoms with Crippen LogP contribution in [0.3, 0.4) is 0 Å². The molecule has 4 heteroatoms. The highest BCUT2D eigenvalue weighted by atomic mass is 16.3. The summed E-state index contributed by atoms with van der Waals surface area (Å²) in [7, 11) is 0. The van der Waals surface area contributed by atoms with Crippen LogP contribution in [-0.4, -0.2) is 34.5 Å². The van der Waals surface area contributed by atoms with Crippen molar-refractivity contribution in [2.45, 2.75) is 50.8 Å². The number of carbonyl (C=O) groups is 1. The molecule has 3 atom stereocenters. The van der Waals surface area contributed by atoms with Gasteiger partial charge in [0.1, 0.15) is 0 Å². The molecule has 0 aromatic heterocycles. The lowest BCUT2D eigenvalue weighted by molar-refractivity contribution is -0.133. The van der Waals surface area contributed by atoms with E-state index in [9.17, 15) is 9.90 Å². The Morgan fingerprint density at radius 1 is 1.45 bits per heavy atom. The fourth-order valence-corrected chi connectivity index (χ4v) is 2.83. The van der Waals surface area contributed by atoms with Gasteiger partial charge in [-0.1, -0.05) is 37.3 Å². The van der Waals surface area contributed by atoms with E-state index in [2.05, 4.69) is 0 Å². The average molecular weight is 276 g/mol. The molecule has 1 aliphatic rings. The van der Waals surface area contributed by atoms with Crippen molar-refractivity contribution in [2.24, 2.45) is 5.73 Å².